The summed E-state index contributed by atoms with van der Waals surface area (Å²) in [6.45, 7) is 7.52. The van der Waals surface area contributed by atoms with Gasteiger partial charge < -0.3 is 19.5 Å². The number of rotatable bonds is 4. The Labute approximate surface area is 206 Å². The second-order valence-corrected chi connectivity index (χ2v) is 10.1. The highest BCUT2D eigenvalue weighted by atomic mass is 19.1. The molecule has 0 bridgehead atoms. The molecular weight excluding hydrogens is 463 g/mol. The highest BCUT2D eigenvalue weighted by Crippen LogP contribution is 2.50. The van der Waals surface area contributed by atoms with Gasteiger partial charge in [0.1, 0.15) is 12.4 Å². The molecule has 3 aromatic rings. The minimum atomic E-state index is -1.92. The number of aromatic nitrogens is 2. The quantitative estimate of drug-likeness (QED) is 0.336. The number of hydrogen-bond acceptors (Lipinski definition) is 6. The second kappa shape index (κ2) is 7.57. The molecule has 2 aromatic heterocycles. The first-order valence-electron chi connectivity index (χ1n) is 12.3. The lowest BCUT2D eigenvalue weighted by Crippen LogP contribution is -2.44. The van der Waals surface area contributed by atoms with E-state index in [4.69, 9.17) is 9.72 Å². The first kappa shape index (κ1) is 23.1. The van der Waals surface area contributed by atoms with Gasteiger partial charge in [0.2, 0.25) is 0 Å². The maximum atomic E-state index is 15.0. The summed E-state index contributed by atoms with van der Waals surface area (Å²) in [5.41, 5.74) is 2.37. The summed E-state index contributed by atoms with van der Waals surface area (Å²) in [6.07, 6.45) is 3.63. The first-order chi connectivity index (χ1) is 17.2. The van der Waals surface area contributed by atoms with Gasteiger partial charge in [-0.05, 0) is 55.4 Å². The maximum Gasteiger partial charge on any atom is 0.343 e. The number of cyclic esters (lactones) is 1. The average Bonchev–Trinajstić information content (AvgIpc) is 3.24. The van der Waals surface area contributed by atoms with Crippen LogP contribution in [0.2, 0.25) is 0 Å². The zero-order valence-corrected chi connectivity index (χ0v) is 20.3. The van der Waals surface area contributed by atoms with E-state index in [1.54, 1.807) is 24.5 Å². The van der Waals surface area contributed by atoms with E-state index in [-0.39, 0.29) is 48.7 Å². The molecule has 0 saturated carbocycles. The Morgan fingerprint density at radius 3 is 2.75 bits per heavy atom. The normalized spacial score (nSPS) is 23.8. The number of carbonyl (C=O) groups excluding carboxylic acids is 1. The van der Waals surface area contributed by atoms with E-state index in [1.807, 2.05) is 6.08 Å². The van der Waals surface area contributed by atoms with Gasteiger partial charge in [0, 0.05) is 34.6 Å². The SMILES string of the molecule is C=CC1(CCO)CCc2c(C)c(F)cc3nc4c(c1c23)Cn1c-4cc2c(c1=O)COC(=O)[C@]2(O)CC. The molecule has 1 aliphatic carbocycles. The number of halogens is 1. The number of hydrogen-bond donors (Lipinski definition) is 2. The van der Waals surface area contributed by atoms with Crippen LogP contribution in [0.15, 0.2) is 29.6 Å². The molecule has 0 amide bonds. The van der Waals surface area contributed by atoms with Gasteiger partial charge in [-0.15, -0.1) is 6.58 Å². The number of pyridine rings is 2. The molecule has 2 atom stereocenters. The summed E-state index contributed by atoms with van der Waals surface area (Å²) in [6, 6.07) is 3.09. The van der Waals surface area contributed by atoms with E-state index in [9.17, 15) is 24.2 Å². The van der Waals surface area contributed by atoms with Crippen LogP contribution in [0, 0.1) is 12.7 Å². The van der Waals surface area contributed by atoms with E-state index < -0.39 is 17.0 Å². The van der Waals surface area contributed by atoms with Crippen molar-refractivity contribution in [2.75, 3.05) is 6.61 Å². The third-order valence-corrected chi connectivity index (χ3v) is 8.57. The molecule has 1 aromatic carbocycles. The Hall–Kier alpha value is -3.36. The van der Waals surface area contributed by atoms with Gasteiger partial charge in [0.15, 0.2) is 5.60 Å². The molecule has 0 saturated heterocycles. The van der Waals surface area contributed by atoms with Crippen LogP contribution in [-0.2, 0) is 40.1 Å². The van der Waals surface area contributed by atoms with Crippen molar-refractivity contribution in [1.82, 2.24) is 9.55 Å². The molecule has 3 aliphatic rings. The molecule has 0 spiro atoms. The number of allylic oxidation sites excluding steroid dienone is 1. The molecule has 0 fully saturated rings. The van der Waals surface area contributed by atoms with Gasteiger partial charge in [0.25, 0.3) is 5.56 Å². The summed E-state index contributed by atoms with van der Waals surface area (Å²) in [7, 11) is 0. The lowest BCUT2D eigenvalue weighted by atomic mass is 9.66. The number of aliphatic hydroxyl groups is 2. The van der Waals surface area contributed by atoms with Crippen molar-refractivity contribution in [2.24, 2.45) is 0 Å². The van der Waals surface area contributed by atoms with Gasteiger partial charge in [-0.25, -0.2) is 14.2 Å². The second-order valence-electron chi connectivity index (χ2n) is 10.1. The highest BCUT2D eigenvalue weighted by molar-refractivity contribution is 5.94. The first-order valence-corrected chi connectivity index (χ1v) is 12.3. The highest BCUT2D eigenvalue weighted by Gasteiger charge is 2.46. The summed E-state index contributed by atoms with van der Waals surface area (Å²) in [5, 5.41) is 22.0. The molecule has 6 rings (SSSR count). The smallest absolute Gasteiger partial charge is 0.343 e. The number of fused-ring (bicyclic) bond motifs is 5. The fourth-order valence-corrected chi connectivity index (χ4v) is 6.48. The van der Waals surface area contributed by atoms with E-state index >= 15 is 0 Å². The van der Waals surface area contributed by atoms with E-state index in [0.29, 0.717) is 41.7 Å². The average molecular weight is 491 g/mol. The molecule has 8 heteroatoms. The molecule has 0 radical (unpaired) electrons. The lowest BCUT2D eigenvalue weighted by Gasteiger charge is -2.38. The van der Waals surface area contributed by atoms with Crippen molar-refractivity contribution in [3.8, 4) is 11.4 Å². The van der Waals surface area contributed by atoms with Crippen LogP contribution < -0.4 is 5.56 Å². The number of esters is 1. The van der Waals surface area contributed by atoms with E-state index in [0.717, 1.165) is 22.1 Å². The number of aliphatic hydroxyl groups excluding tert-OH is 1. The zero-order chi connectivity index (χ0) is 25.6. The number of nitrogens with zero attached hydrogens (tertiary/aromatic N) is 2. The third-order valence-electron chi connectivity index (χ3n) is 8.57. The van der Waals surface area contributed by atoms with E-state index in [1.165, 1.54) is 6.07 Å². The Kier molecular flexibility index (Phi) is 4.85. The van der Waals surface area contributed by atoms with Crippen LogP contribution >= 0.6 is 0 Å². The fraction of sp³-hybridized carbons (Fsp3) is 0.393. The number of ether oxygens (including phenoxy) is 1. The van der Waals surface area contributed by atoms with Crippen LogP contribution in [0.4, 0.5) is 4.39 Å². The molecule has 7 nitrogen and oxygen atoms in total. The van der Waals surface area contributed by atoms with Crippen molar-refractivity contribution in [2.45, 2.75) is 63.7 Å². The van der Waals surface area contributed by atoms with Crippen LogP contribution in [0.25, 0.3) is 22.3 Å². The van der Waals surface area contributed by atoms with Crippen LogP contribution in [0.3, 0.4) is 0 Å². The molecule has 2 N–H and O–H groups in total. The number of carbonyl (C=O) groups is 1. The van der Waals surface area contributed by atoms with Crippen molar-refractivity contribution >= 4 is 16.9 Å². The molecule has 186 valence electrons. The Balaban J connectivity index is 1.73. The van der Waals surface area contributed by atoms with Gasteiger partial charge in [-0.1, -0.05) is 13.0 Å². The van der Waals surface area contributed by atoms with E-state index in [2.05, 4.69) is 6.58 Å². The largest absolute Gasteiger partial charge is 0.458 e. The monoisotopic (exact) mass is 490 g/mol. The molecule has 36 heavy (non-hydrogen) atoms. The lowest BCUT2D eigenvalue weighted by molar-refractivity contribution is -0.172. The van der Waals surface area contributed by atoms with Crippen molar-refractivity contribution in [3.05, 3.63) is 74.3 Å². The van der Waals surface area contributed by atoms with Crippen LogP contribution in [0.1, 0.15) is 59.6 Å². The van der Waals surface area contributed by atoms with Crippen molar-refractivity contribution in [3.63, 3.8) is 0 Å². The fourth-order valence-electron chi connectivity index (χ4n) is 6.48. The molecule has 1 unspecified atom stereocenters. The van der Waals surface area contributed by atoms with Crippen molar-refractivity contribution in [1.29, 1.82) is 0 Å². The molecule has 4 heterocycles. The third kappa shape index (κ3) is 2.71. The van der Waals surface area contributed by atoms with Gasteiger partial charge >= 0.3 is 5.97 Å². The van der Waals surface area contributed by atoms with Crippen molar-refractivity contribution < 1.29 is 24.1 Å². The Bertz CT molecular complexity index is 1580. The van der Waals surface area contributed by atoms with Gasteiger partial charge in [0.05, 0.1) is 29.0 Å². The predicted molar refractivity (Wildman–Crippen MR) is 131 cm³/mol. The van der Waals surface area contributed by atoms with Gasteiger partial charge in [-0.3, -0.25) is 4.79 Å². The minimum absolute atomic E-state index is 0.0505. The van der Waals surface area contributed by atoms with Crippen LogP contribution in [-0.4, -0.2) is 32.3 Å². The van der Waals surface area contributed by atoms with Gasteiger partial charge in [-0.2, -0.15) is 0 Å². The summed E-state index contributed by atoms with van der Waals surface area (Å²) < 4.78 is 21.7. The Morgan fingerprint density at radius 1 is 1.28 bits per heavy atom. The summed E-state index contributed by atoms with van der Waals surface area (Å²) in [5.74, 6) is -1.12. The zero-order valence-electron chi connectivity index (χ0n) is 20.3. The topological polar surface area (TPSA) is 102 Å². The minimum Gasteiger partial charge on any atom is -0.458 e. The van der Waals surface area contributed by atoms with Crippen LogP contribution in [0.5, 0.6) is 0 Å². The molecular formula is C28H27FN2O5. The standard InChI is InChI=1S/C28H27FN2O5/c1-4-27(8-9-32)7-6-15-14(3)19(29)11-20-22(15)23(27)16-12-31-21(24(16)30-20)10-18-17(25(31)33)13-36-26(34)28(18,35)5-2/h4,10-11,32,35H,1,5-9,12-13H2,2-3H3/t27?,28-/m0/s1. The maximum absolute atomic E-state index is 15.0. The predicted octanol–water partition coefficient (Wildman–Crippen LogP) is 3.28. The Morgan fingerprint density at radius 2 is 2.06 bits per heavy atom. The summed E-state index contributed by atoms with van der Waals surface area (Å²) in [4.78, 5) is 31.0. The number of aryl methyl sites for hydroxylation is 1. The summed E-state index contributed by atoms with van der Waals surface area (Å²) >= 11 is 0. The number of benzene rings is 1. The molecule has 2 aliphatic heterocycles.